The quantitative estimate of drug-likeness (QED) is 0.768. The van der Waals surface area contributed by atoms with Gasteiger partial charge < -0.3 is 14.7 Å². The van der Waals surface area contributed by atoms with E-state index in [-0.39, 0.29) is 5.91 Å². The summed E-state index contributed by atoms with van der Waals surface area (Å²) in [4.78, 5) is 23.3. The van der Waals surface area contributed by atoms with Gasteiger partial charge in [-0.3, -0.25) is 4.79 Å². The van der Waals surface area contributed by atoms with Crippen LogP contribution >= 0.6 is 0 Å². The standard InChI is InChI=1S/C20H29N5O2/c1-2-7-17-23-20(27-24-17)11-10-19(26)22-15-16-8-9-18(21-14-16)25-12-5-3-4-6-13-25/h8-9,14H,2-7,10-13,15H2,1H3,(H,22,26). The van der Waals surface area contributed by atoms with Gasteiger partial charge in [0.2, 0.25) is 11.8 Å². The normalized spacial score (nSPS) is 14.8. The fourth-order valence-corrected chi connectivity index (χ4v) is 3.23. The first-order valence-electron chi connectivity index (χ1n) is 10.0. The van der Waals surface area contributed by atoms with E-state index in [0.717, 1.165) is 37.3 Å². The molecule has 0 unspecified atom stereocenters. The average Bonchev–Trinajstić information content (AvgIpc) is 2.96. The van der Waals surface area contributed by atoms with Crippen LogP contribution in [0.15, 0.2) is 22.9 Å². The minimum atomic E-state index is -0.0261. The zero-order chi connectivity index (χ0) is 18.9. The number of nitrogens with one attached hydrogen (secondary N) is 1. The van der Waals surface area contributed by atoms with E-state index in [9.17, 15) is 4.79 Å². The Balaban J connectivity index is 1.41. The summed E-state index contributed by atoms with van der Waals surface area (Å²) in [6, 6.07) is 4.10. The molecule has 146 valence electrons. The van der Waals surface area contributed by atoms with Crippen molar-refractivity contribution in [1.29, 1.82) is 0 Å². The third-order valence-electron chi connectivity index (χ3n) is 4.78. The summed E-state index contributed by atoms with van der Waals surface area (Å²) in [5.41, 5.74) is 1.00. The molecule has 2 aromatic rings. The van der Waals surface area contributed by atoms with Crippen molar-refractivity contribution >= 4 is 11.7 Å². The van der Waals surface area contributed by atoms with E-state index in [2.05, 4.69) is 38.3 Å². The predicted molar refractivity (Wildman–Crippen MR) is 103 cm³/mol. The summed E-state index contributed by atoms with van der Waals surface area (Å²) in [7, 11) is 0. The lowest BCUT2D eigenvalue weighted by atomic mass is 10.2. The van der Waals surface area contributed by atoms with Gasteiger partial charge in [0.25, 0.3) is 0 Å². The van der Waals surface area contributed by atoms with Gasteiger partial charge in [-0.05, 0) is 30.9 Å². The highest BCUT2D eigenvalue weighted by Crippen LogP contribution is 2.17. The van der Waals surface area contributed by atoms with E-state index in [4.69, 9.17) is 4.52 Å². The number of carbonyl (C=O) groups is 1. The Hall–Kier alpha value is -2.44. The van der Waals surface area contributed by atoms with E-state index in [1.54, 1.807) is 0 Å². The molecule has 0 spiro atoms. The van der Waals surface area contributed by atoms with Gasteiger partial charge >= 0.3 is 0 Å². The van der Waals surface area contributed by atoms with Crippen LogP contribution in [0.1, 0.15) is 62.7 Å². The molecule has 3 heterocycles. The molecule has 1 fully saturated rings. The number of rotatable bonds is 8. The molecule has 7 heteroatoms. The summed E-state index contributed by atoms with van der Waals surface area (Å²) in [5, 5.41) is 6.83. The van der Waals surface area contributed by atoms with Gasteiger partial charge in [-0.1, -0.05) is 31.0 Å². The van der Waals surface area contributed by atoms with Crippen LogP contribution in [0.4, 0.5) is 5.82 Å². The van der Waals surface area contributed by atoms with Gasteiger partial charge in [-0.25, -0.2) is 4.98 Å². The second kappa shape index (κ2) is 10.0. The van der Waals surface area contributed by atoms with Crippen molar-refractivity contribution in [3.05, 3.63) is 35.6 Å². The lowest BCUT2D eigenvalue weighted by Crippen LogP contribution is -2.25. The van der Waals surface area contributed by atoms with Crippen molar-refractivity contribution in [3.8, 4) is 0 Å². The number of amides is 1. The Morgan fingerprint density at radius 2 is 2.00 bits per heavy atom. The Bertz CT molecular complexity index is 705. The Morgan fingerprint density at radius 1 is 1.19 bits per heavy atom. The summed E-state index contributed by atoms with van der Waals surface area (Å²) in [5.74, 6) is 2.24. The highest BCUT2D eigenvalue weighted by Gasteiger charge is 2.11. The van der Waals surface area contributed by atoms with Crippen LogP contribution < -0.4 is 10.2 Å². The van der Waals surface area contributed by atoms with E-state index >= 15 is 0 Å². The molecule has 0 bridgehead atoms. The number of aromatic nitrogens is 3. The summed E-state index contributed by atoms with van der Waals surface area (Å²) in [6.07, 6.45) is 9.53. The molecule has 7 nitrogen and oxygen atoms in total. The SMILES string of the molecule is CCCc1noc(CCC(=O)NCc2ccc(N3CCCCCC3)nc2)n1. The molecule has 0 atom stereocenters. The fourth-order valence-electron chi connectivity index (χ4n) is 3.23. The predicted octanol–water partition coefficient (Wildman–Crippen LogP) is 3.05. The number of carbonyl (C=O) groups excluding carboxylic acids is 1. The molecule has 2 aromatic heterocycles. The van der Waals surface area contributed by atoms with E-state index in [0.29, 0.717) is 31.1 Å². The minimum absolute atomic E-state index is 0.0261. The first-order valence-corrected chi connectivity index (χ1v) is 10.0. The topological polar surface area (TPSA) is 84.2 Å². The number of pyridine rings is 1. The van der Waals surface area contributed by atoms with Crippen LogP contribution in [0.2, 0.25) is 0 Å². The molecule has 1 aliphatic heterocycles. The van der Waals surface area contributed by atoms with Crippen LogP contribution in [0, 0.1) is 0 Å². The number of nitrogens with zero attached hydrogens (tertiary/aromatic N) is 4. The highest BCUT2D eigenvalue weighted by atomic mass is 16.5. The minimum Gasteiger partial charge on any atom is -0.357 e. The molecule has 0 radical (unpaired) electrons. The molecule has 1 amide bonds. The second-order valence-electron chi connectivity index (χ2n) is 7.06. The third-order valence-corrected chi connectivity index (χ3v) is 4.78. The third kappa shape index (κ3) is 6.05. The van der Waals surface area contributed by atoms with Crippen LogP contribution in [0.5, 0.6) is 0 Å². The summed E-state index contributed by atoms with van der Waals surface area (Å²) in [6.45, 7) is 4.72. The maximum atomic E-state index is 12.0. The molecule has 0 aliphatic carbocycles. The van der Waals surface area contributed by atoms with Gasteiger partial charge in [0.15, 0.2) is 5.82 Å². The molecule has 1 aliphatic rings. The largest absolute Gasteiger partial charge is 0.357 e. The molecule has 3 rings (SSSR count). The molecule has 0 saturated carbocycles. The molecule has 27 heavy (non-hydrogen) atoms. The van der Waals surface area contributed by atoms with Crippen molar-refractivity contribution < 1.29 is 9.32 Å². The first-order chi connectivity index (χ1) is 13.2. The number of hydrogen-bond acceptors (Lipinski definition) is 6. The molecular weight excluding hydrogens is 342 g/mol. The van der Waals surface area contributed by atoms with E-state index in [1.165, 1.54) is 25.7 Å². The maximum absolute atomic E-state index is 12.0. The Morgan fingerprint density at radius 3 is 2.70 bits per heavy atom. The smallest absolute Gasteiger partial charge is 0.227 e. The molecule has 1 N–H and O–H groups in total. The average molecular weight is 371 g/mol. The number of anilines is 1. The van der Waals surface area contributed by atoms with Gasteiger partial charge in [-0.2, -0.15) is 4.98 Å². The fraction of sp³-hybridized carbons (Fsp3) is 0.600. The van der Waals surface area contributed by atoms with Crippen molar-refractivity contribution in [2.75, 3.05) is 18.0 Å². The lowest BCUT2D eigenvalue weighted by molar-refractivity contribution is -0.121. The lowest BCUT2D eigenvalue weighted by Gasteiger charge is -2.21. The maximum Gasteiger partial charge on any atom is 0.227 e. The number of hydrogen-bond donors (Lipinski definition) is 1. The van der Waals surface area contributed by atoms with Gasteiger partial charge in [0.05, 0.1) is 0 Å². The zero-order valence-electron chi connectivity index (χ0n) is 16.1. The van der Waals surface area contributed by atoms with Crippen molar-refractivity contribution in [2.45, 2.75) is 64.8 Å². The van der Waals surface area contributed by atoms with Crippen LogP contribution in [-0.4, -0.2) is 34.1 Å². The molecule has 1 saturated heterocycles. The van der Waals surface area contributed by atoms with Crippen LogP contribution in [0.25, 0.3) is 0 Å². The summed E-state index contributed by atoms with van der Waals surface area (Å²) < 4.78 is 5.15. The van der Waals surface area contributed by atoms with E-state index in [1.807, 2.05) is 12.3 Å². The Kier molecular flexibility index (Phi) is 7.19. The Labute approximate surface area is 160 Å². The van der Waals surface area contributed by atoms with Crippen LogP contribution in [0.3, 0.4) is 0 Å². The molecular formula is C20H29N5O2. The van der Waals surface area contributed by atoms with Crippen molar-refractivity contribution in [3.63, 3.8) is 0 Å². The van der Waals surface area contributed by atoms with Gasteiger partial charge in [0.1, 0.15) is 5.82 Å². The highest BCUT2D eigenvalue weighted by molar-refractivity contribution is 5.76. The first kappa shape index (κ1) is 19.3. The van der Waals surface area contributed by atoms with E-state index < -0.39 is 0 Å². The zero-order valence-corrected chi connectivity index (χ0v) is 16.1. The van der Waals surface area contributed by atoms with Crippen molar-refractivity contribution in [1.82, 2.24) is 20.4 Å². The second-order valence-corrected chi connectivity index (χ2v) is 7.06. The van der Waals surface area contributed by atoms with Gasteiger partial charge in [-0.15, -0.1) is 0 Å². The van der Waals surface area contributed by atoms with Crippen LogP contribution in [-0.2, 0) is 24.2 Å². The summed E-state index contributed by atoms with van der Waals surface area (Å²) >= 11 is 0. The monoisotopic (exact) mass is 371 g/mol. The molecule has 0 aromatic carbocycles. The van der Waals surface area contributed by atoms with Crippen molar-refractivity contribution in [2.24, 2.45) is 0 Å². The van der Waals surface area contributed by atoms with Gasteiger partial charge in [0, 0.05) is 45.1 Å². The number of aryl methyl sites for hydroxylation is 2.